The third-order valence-electron chi connectivity index (χ3n) is 1.78. The van der Waals surface area contributed by atoms with Gasteiger partial charge in [0.05, 0.1) is 5.69 Å². The zero-order chi connectivity index (χ0) is 12.0. The highest BCUT2D eigenvalue weighted by Gasteiger charge is 2.01. The number of hydrogen-bond acceptors (Lipinski definition) is 3. The molecule has 0 aromatic carbocycles. The van der Waals surface area contributed by atoms with E-state index in [4.69, 9.17) is 5.73 Å². The standard InChI is InChI=1S/C9H12Br2N4O/c10-6-3-7(11)8(15-4-6)5-13-1-2-14-9(12)16/h3-4,13H,1-2,5H2,(H3,12,14,16). The van der Waals surface area contributed by atoms with Crippen molar-refractivity contribution in [1.82, 2.24) is 15.6 Å². The minimum absolute atomic E-state index is 0.503. The summed E-state index contributed by atoms with van der Waals surface area (Å²) >= 11 is 6.75. The van der Waals surface area contributed by atoms with Crippen molar-refractivity contribution in [2.75, 3.05) is 13.1 Å². The molecule has 1 rings (SSSR count). The van der Waals surface area contributed by atoms with Crippen LogP contribution >= 0.6 is 31.9 Å². The fourth-order valence-corrected chi connectivity index (χ4v) is 2.18. The van der Waals surface area contributed by atoms with E-state index in [1.807, 2.05) is 6.07 Å². The number of primary amides is 1. The second kappa shape index (κ2) is 6.82. The van der Waals surface area contributed by atoms with Crippen LogP contribution in [-0.2, 0) is 6.54 Å². The van der Waals surface area contributed by atoms with Crippen molar-refractivity contribution in [1.29, 1.82) is 0 Å². The Morgan fingerprint density at radius 2 is 2.19 bits per heavy atom. The second-order valence-corrected chi connectivity index (χ2v) is 4.82. The van der Waals surface area contributed by atoms with Gasteiger partial charge in [0.25, 0.3) is 0 Å². The van der Waals surface area contributed by atoms with E-state index in [1.165, 1.54) is 0 Å². The van der Waals surface area contributed by atoms with Gasteiger partial charge < -0.3 is 16.4 Å². The first kappa shape index (κ1) is 13.4. The third kappa shape index (κ3) is 4.91. The van der Waals surface area contributed by atoms with Gasteiger partial charge in [-0.1, -0.05) is 0 Å². The average molecular weight is 352 g/mol. The fourth-order valence-electron chi connectivity index (χ4n) is 1.05. The lowest BCUT2D eigenvalue weighted by Gasteiger charge is -2.06. The predicted octanol–water partition coefficient (Wildman–Crippen LogP) is 1.36. The molecule has 0 atom stereocenters. The summed E-state index contributed by atoms with van der Waals surface area (Å²) < 4.78 is 1.87. The van der Waals surface area contributed by atoms with Gasteiger partial charge in [-0.15, -0.1) is 0 Å². The Labute approximate surface area is 110 Å². The highest BCUT2D eigenvalue weighted by Crippen LogP contribution is 2.19. The summed E-state index contributed by atoms with van der Waals surface area (Å²) in [6, 6.07) is 1.43. The van der Waals surface area contributed by atoms with Gasteiger partial charge in [0, 0.05) is 34.8 Å². The number of pyridine rings is 1. The smallest absolute Gasteiger partial charge is 0.312 e. The molecule has 2 amide bonds. The fraction of sp³-hybridized carbons (Fsp3) is 0.333. The highest BCUT2D eigenvalue weighted by atomic mass is 79.9. The number of hydrogen-bond donors (Lipinski definition) is 3. The van der Waals surface area contributed by atoms with Gasteiger partial charge in [-0.2, -0.15) is 0 Å². The molecule has 0 saturated heterocycles. The van der Waals surface area contributed by atoms with Crippen LogP contribution in [0.5, 0.6) is 0 Å². The zero-order valence-corrected chi connectivity index (χ0v) is 11.6. The van der Waals surface area contributed by atoms with Gasteiger partial charge >= 0.3 is 6.03 Å². The maximum atomic E-state index is 10.4. The van der Waals surface area contributed by atoms with Gasteiger partial charge in [0.15, 0.2) is 0 Å². The predicted molar refractivity (Wildman–Crippen MR) is 68.9 cm³/mol. The van der Waals surface area contributed by atoms with E-state index < -0.39 is 6.03 Å². The molecule has 0 saturated carbocycles. The molecule has 0 aliphatic carbocycles. The molecular weight excluding hydrogens is 340 g/mol. The van der Waals surface area contributed by atoms with Crippen LogP contribution in [0.2, 0.25) is 0 Å². The number of nitrogens with one attached hydrogen (secondary N) is 2. The molecule has 16 heavy (non-hydrogen) atoms. The Balaban J connectivity index is 2.29. The highest BCUT2D eigenvalue weighted by molar-refractivity contribution is 9.11. The maximum absolute atomic E-state index is 10.4. The molecule has 7 heteroatoms. The molecule has 1 aromatic rings. The second-order valence-electron chi connectivity index (χ2n) is 3.05. The Morgan fingerprint density at radius 3 is 2.81 bits per heavy atom. The van der Waals surface area contributed by atoms with Crippen LogP contribution in [0.15, 0.2) is 21.2 Å². The van der Waals surface area contributed by atoms with E-state index in [0.717, 1.165) is 14.6 Å². The van der Waals surface area contributed by atoms with Gasteiger partial charge in [-0.05, 0) is 37.9 Å². The molecule has 88 valence electrons. The van der Waals surface area contributed by atoms with Crippen molar-refractivity contribution in [3.8, 4) is 0 Å². The number of nitrogens with zero attached hydrogens (tertiary/aromatic N) is 1. The van der Waals surface area contributed by atoms with Crippen LogP contribution in [0.4, 0.5) is 4.79 Å². The summed E-state index contributed by atoms with van der Waals surface area (Å²) in [6.45, 7) is 1.78. The number of carbonyl (C=O) groups excluding carboxylic acids is 1. The molecule has 0 unspecified atom stereocenters. The Hall–Kier alpha value is -0.660. The molecule has 0 spiro atoms. The molecule has 4 N–H and O–H groups in total. The number of amides is 2. The topological polar surface area (TPSA) is 80.0 Å². The van der Waals surface area contributed by atoms with Crippen LogP contribution in [0.3, 0.4) is 0 Å². The number of urea groups is 1. The first-order chi connectivity index (χ1) is 7.59. The molecule has 0 radical (unpaired) electrons. The van der Waals surface area contributed by atoms with Crippen LogP contribution < -0.4 is 16.4 Å². The minimum Gasteiger partial charge on any atom is -0.352 e. The molecule has 5 nitrogen and oxygen atoms in total. The molecule has 1 aromatic heterocycles. The Morgan fingerprint density at radius 1 is 1.44 bits per heavy atom. The molecular formula is C9H12Br2N4O. The summed E-state index contributed by atoms with van der Waals surface area (Å²) in [7, 11) is 0. The van der Waals surface area contributed by atoms with Crippen molar-refractivity contribution < 1.29 is 4.79 Å². The summed E-state index contributed by atoms with van der Waals surface area (Å²) in [5, 5.41) is 5.63. The quantitative estimate of drug-likeness (QED) is 0.701. The first-order valence-corrected chi connectivity index (χ1v) is 6.22. The van der Waals surface area contributed by atoms with Gasteiger partial charge in [0.1, 0.15) is 0 Å². The van der Waals surface area contributed by atoms with Crippen LogP contribution in [-0.4, -0.2) is 24.1 Å². The molecule has 1 heterocycles. The van der Waals surface area contributed by atoms with Crippen molar-refractivity contribution in [2.45, 2.75) is 6.54 Å². The number of carbonyl (C=O) groups is 1. The van der Waals surface area contributed by atoms with Gasteiger partial charge in [-0.25, -0.2) is 4.79 Å². The SMILES string of the molecule is NC(=O)NCCNCc1ncc(Br)cc1Br. The summed E-state index contributed by atoms with van der Waals surface area (Å²) in [5.74, 6) is 0. The number of aromatic nitrogens is 1. The number of nitrogens with two attached hydrogens (primary N) is 1. The van der Waals surface area contributed by atoms with E-state index >= 15 is 0 Å². The first-order valence-electron chi connectivity index (χ1n) is 4.63. The van der Waals surface area contributed by atoms with Crippen LogP contribution in [0.1, 0.15) is 5.69 Å². The molecule has 0 aliphatic heterocycles. The number of halogens is 2. The van der Waals surface area contributed by atoms with E-state index in [2.05, 4.69) is 47.5 Å². The minimum atomic E-state index is -0.509. The normalized spacial score (nSPS) is 10.1. The van der Waals surface area contributed by atoms with E-state index in [9.17, 15) is 4.79 Å². The average Bonchev–Trinajstić information content (AvgIpc) is 2.20. The Kier molecular flexibility index (Phi) is 5.72. The Bertz CT molecular complexity index is 373. The summed E-state index contributed by atoms with van der Waals surface area (Å²) in [4.78, 5) is 14.6. The van der Waals surface area contributed by atoms with E-state index in [1.54, 1.807) is 6.20 Å². The van der Waals surface area contributed by atoms with Crippen molar-refractivity contribution in [3.63, 3.8) is 0 Å². The van der Waals surface area contributed by atoms with Crippen molar-refractivity contribution in [3.05, 3.63) is 26.9 Å². The number of rotatable bonds is 5. The largest absolute Gasteiger partial charge is 0.352 e. The van der Waals surface area contributed by atoms with E-state index in [-0.39, 0.29) is 0 Å². The van der Waals surface area contributed by atoms with Crippen LogP contribution in [0.25, 0.3) is 0 Å². The summed E-state index contributed by atoms with van der Waals surface area (Å²) in [5.41, 5.74) is 5.84. The van der Waals surface area contributed by atoms with Crippen LogP contribution in [0, 0.1) is 0 Å². The molecule has 0 bridgehead atoms. The monoisotopic (exact) mass is 350 g/mol. The third-order valence-corrected chi connectivity index (χ3v) is 2.90. The van der Waals surface area contributed by atoms with E-state index in [0.29, 0.717) is 19.6 Å². The molecule has 0 aliphatic rings. The molecule has 0 fully saturated rings. The van der Waals surface area contributed by atoms with Crippen molar-refractivity contribution >= 4 is 37.9 Å². The maximum Gasteiger partial charge on any atom is 0.312 e. The zero-order valence-electron chi connectivity index (χ0n) is 8.46. The van der Waals surface area contributed by atoms with Crippen molar-refractivity contribution in [2.24, 2.45) is 5.73 Å². The summed E-state index contributed by atoms with van der Waals surface area (Å²) in [6.07, 6.45) is 1.74. The lowest BCUT2D eigenvalue weighted by atomic mass is 10.3. The van der Waals surface area contributed by atoms with Gasteiger partial charge in [0.2, 0.25) is 0 Å². The lowest BCUT2D eigenvalue weighted by molar-refractivity contribution is 0.249. The lowest BCUT2D eigenvalue weighted by Crippen LogP contribution is -2.35. The van der Waals surface area contributed by atoms with Gasteiger partial charge in [-0.3, -0.25) is 4.98 Å².